The number of amides is 1. The van der Waals surface area contributed by atoms with Crippen LogP contribution in [0.5, 0.6) is 0 Å². The Kier molecular flexibility index (Phi) is 5.82. The van der Waals surface area contributed by atoms with Crippen LogP contribution in [0.15, 0.2) is 30.3 Å². The first-order chi connectivity index (χ1) is 8.52. The van der Waals surface area contributed by atoms with Crippen LogP contribution >= 0.6 is 0 Å². The van der Waals surface area contributed by atoms with Gasteiger partial charge in [0.05, 0.1) is 0 Å². The minimum Gasteiger partial charge on any atom is -0.344 e. The molecule has 1 rings (SSSR count). The van der Waals surface area contributed by atoms with Gasteiger partial charge in [-0.15, -0.1) is 0 Å². The molecule has 4 nitrogen and oxygen atoms in total. The van der Waals surface area contributed by atoms with Crippen LogP contribution in [0.4, 0.5) is 0 Å². The predicted molar refractivity (Wildman–Crippen MR) is 74.2 cm³/mol. The summed E-state index contributed by atoms with van der Waals surface area (Å²) >= 11 is 0. The predicted octanol–water partition coefficient (Wildman–Crippen LogP) is 1.10. The molecule has 0 aromatic heterocycles. The maximum absolute atomic E-state index is 12.1. The van der Waals surface area contributed by atoms with Gasteiger partial charge < -0.3 is 15.5 Å². The summed E-state index contributed by atoms with van der Waals surface area (Å²) in [5.74, 6) is -0.0278. The fraction of sp³-hybridized carbons (Fsp3) is 0.500. The van der Waals surface area contributed by atoms with Crippen molar-refractivity contribution in [3.05, 3.63) is 35.9 Å². The monoisotopic (exact) mass is 249 g/mol. The van der Waals surface area contributed by atoms with E-state index in [9.17, 15) is 4.79 Å². The zero-order valence-corrected chi connectivity index (χ0v) is 11.5. The second-order valence-corrected chi connectivity index (χ2v) is 4.80. The molecular weight excluding hydrogens is 226 g/mol. The summed E-state index contributed by atoms with van der Waals surface area (Å²) in [5.41, 5.74) is 6.83. The van der Waals surface area contributed by atoms with E-state index in [1.165, 1.54) is 0 Å². The first-order valence-corrected chi connectivity index (χ1v) is 6.22. The van der Waals surface area contributed by atoms with Crippen molar-refractivity contribution >= 4 is 5.91 Å². The molecule has 0 bridgehead atoms. The Morgan fingerprint density at radius 2 is 1.78 bits per heavy atom. The van der Waals surface area contributed by atoms with Gasteiger partial charge in [-0.25, -0.2) is 0 Å². The van der Waals surface area contributed by atoms with E-state index in [1.807, 2.05) is 44.4 Å². The number of hydrogen-bond acceptors (Lipinski definition) is 3. The van der Waals surface area contributed by atoms with Gasteiger partial charge in [-0.2, -0.15) is 0 Å². The minimum atomic E-state index is -0.560. The van der Waals surface area contributed by atoms with Crippen molar-refractivity contribution in [2.45, 2.75) is 12.5 Å². The molecule has 2 N–H and O–H groups in total. The first kappa shape index (κ1) is 14.7. The third-order valence-corrected chi connectivity index (χ3v) is 2.90. The van der Waals surface area contributed by atoms with E-state index in [0.717, 1.165) is 25.1 Å². The normalized spacial score (nSPS) is 12.5. The minimum absolute atomic E-state index is 0.0278. The van der Waals surface area contributed by atoms with E-state index in [4.69, 9.17) is 5.73 Å². The summed E-state index contributed by atoms with van der Waals surface area (Å²) < 4.78 is 0. The maximum atomic E-state index is 12.1. The third kappa shape index (κ3) is 4.47. The molecule has 0 aliphatic heterocycles. The Labute approximate surface area is 109 Å². The number of likely N-dealkylation sites (N-methyl/N-ethyl adjacent to an activating group) is 1. The average Bonchev–Trinajstić information content (AvgIpc) is 2.37. The van der Waals surface area contributed by atoms with Crippen molar-refractivity contribution in [1.82, 2.24) is 9.80 Å². The van der Waals surface area contributed by atoms with Crippen LogP contribution in [-0.4, -0.2) is 49.9 Å². The lowest BCUT2D eigenvalue weighted by Gasteiger charge is -2.22. The van der Waals surface area contributed by atoms with E-state index in [-0.39, 0.29) is 5.91 Å². The molecule has 1 amide bonds. The fourth-order valence-corrected chi connectivity index (χ4v) is 1.77. The van der Waals surface area contributed by atoms with Crippen molar-refractivity contribution in [3.63, 3.8) is 0 Å². The summed E-state index contributed by atoms with van der Waals surface area (Å²) in [5, 5.41) is 0. The number of carbonyl (C=O) groups is 1. The van der Waals surface area contributed by atoms with Gasteiger partial charge in [-0.05, 0) is 32.6 Å². The standard InChI is InChI=1S/C14H23N3O/c1-16(2)10-7-11-17(3)14(18)13(15)12-8-5-4-6-9-12/h4-6,8-9,13H,7,10-11,15H2,1-3H3. The van der Waals surface area contributed by atoms with Gasteiger partial charge in [0.2, 0.25) is 5.91 Å². The molecule has 0 aliphatic carbocycles. The molecule has 0 radical (unpaired) electrons. The van der Waals surface area contributed by atoms with E-state index < -0.39 is 6.04 Å². The van der Waals surface area contributed by atoms with Crippen LogP contribution in [-0.2, 0) is 4.79 Å². The van der Waals surface area contributed by atoms with Gasteiger partial charge >= 0.3 is 0 Å². The van der Waals surface area contributed by atoms with E-state index in [2.05, 4.69) is 4.90 Å². The summed E-state index contributed by atoms with van der Waals surface area (Å²) in [7, 11) is 5.86. The van der Waals surface area contributed by atoms with Gasteiger partial charge in [-0.1, -0.05) is 30.3 Å². The Hall–Kier alpha value is -1.39. The molecule has 1 unspecified atom stereocenters. The highest BCUT2D eigenvalue weighted by Crippen LogP contribution is 2.12. The topological polar surface area (TPSA) is 49.6 Å². The molecule has 0 spiro atoms. The van der Waals surface area contributed by atoms with Crippen molar-refractivity contribution < 1.29 is 4.79 Å². The second-order valence-electron chi connectivity index (χ2n) is 4.80. The van der Waals surface area contributed by atoms with E-state index in [0.29, 0.717) is 0 Å². The lowest BCUT2D eigenvalue weighted by atomic mass is 10.1. The molecule has 1 atom stereocenters. The van der Waals surface area contributed by atoms with Gasteiger partial charge in [0.25, 0.3) is 0 Å². The Morgan fingerprint density at radius 3 is 2.33 bits per heavy atom. The van der Waals surface area contributed by atoms with Gasteiger partial charge in [0.15, 0.2) is 0 Å². The van der Waals surface area contributed by atoms with Gasteiger partial charge in [0.1, 0.15) is 6.04 Å². The van der Waals surface area contributed by atoms with Crippen molar-refractivity contribution in [3.8, 4) is 0 Å². The Bertz CT molecular complexity index is 365. The number of rotatable bonds is 6. The van der Waals surface area contributed by atoms with Crippen LogP contribution in [0.2, 0.25) is 0 Å². The van der Waals surface area contributed by atoms with Gasteiger partial charge in [-0.3, -0.25) is 4.79 Å². The second kappa shape index (κ2) is 7.13. The molecule has 18 heavy (non-hydrogen) atoms. The molecule has 1 aromatic rings. The van der Waals surface area contributed by atoms with Crippen LogP contribution < -0.4 is 5.73 Å². The summed E-state index contributed by atoms with van der Waals surface area (Å²) in [4.78, 5) is 15.9. The molecular formula is C14H23N3O. The third-order valence-electron chi connectivity index (χ3n) is 2.90. The molecule has 0 fully saturated rings. The van der Waals surface area contributed by atoms with Crippen molar-refractivity contribution in [2.24, 2.45) is 5.73 Å². The van der Waals surface area contributed by atoms with Crippen LogP contribution in [0.1, 0.15) is 18.0 Å². The van der Waals surface area contributed by atoms with Gasteiger partial charge in [0, 0.05) is 13.6 Å². The van der Waals surface area contributed by atoms with Crippen molar-refractivity contribution in [1.29, 1.82) is 0 Å². The lowest BCUT2D eigenvalue weighted by Crippen LogP contribution is -2.37. The lowest BCUT2D eigenvalue weighted by molar-refractivity contribution is -0.131. The van der Waals surface area contributed by atoms with Crippen LogP contribution in [0, 0.1) is 0 Å². The Morgan fingerprint density at radius 1 is 1.17 bits per heavy atom. The summed E-state index contributed by atoms with van der Waals surface area (Å²) in [6.07, 6.45) is 0.955. The van der Waals surface area contributed by atoms with E-state index >= 15 is 0 Å². The summed E-state index contributed by atoms with van der Waals surface area (Å²) in [6.45, 7) is 1.70. The molecule has 0 aliphatic rings. The zero-order valence-electron chi connectivity index (χ0n) is 11.5. The molecule has 0 saturated heterocycles. The number of hydrogen-bond donors (Lipinski definition) is 1. The smallest absolute Gasteiger partial charge is 0.243 e. The fourth-order valence-electron chi connectivity index (χ4n) is 1.77. The largest absolute Gasteiger partial charge is 0.344 e. The highest BCUT2D eigenvalue weighted by Gasteiger charge is 2.19. The number of benzene rings is 1. The zero-order chi connectivity index (χ0) is 13.5. The number of nitrogens with zero attached hydrogens (tertiary/aromatic N) is 2. The highest BCUT2D eigenvalue weighted by atomic mass is 16.2. The summed E-state index contributed by atoms with van der Waals surface area (Å²) in [6, 6.07) is 8.92. The molecule has 0 heterocycles. The van der Waals surface area contributed by atoms with Crippen LogP contribution in [0.25, 0.3) is 0 Å². The molecule has 0 saturated carbocycles. The molecule has 1 aromatic carbocycles. The van der Waals surface area contributed by atoms with Crippen LogP contribution in [0.3, 0.4) is 0 Å². The molecule has 4 heteroatoms. The quantitative estimate of drug-likeness (QED) is 0.821. The highest BCUT2D eigenvalue weighted by molar-refractivity contribution is 5.82. The SMILES string of the molecule is CN(C)CCCN(C)C(=O)C(N)c1ccccc1. The van der Waals surface area contributed by atoms with E-state index in [1.54, 1.807) is 11.9 Å². The van der Waals surface area contributed by atoms with Crippen molar-refractivity contribution in [2.75, 3.05) is 34.2 Å². The number of carbonyl (C=O) groups excluding carboxylic acids is 1. The first-order valence-electron chi connectivity index (χ1n) is 6.22. The maximum Gasteiger partial charge on any atom is 0.243 e. The average molecular weight is 249 g/mol. The number of nitrogens with two attached hydrogens (primary N) is 1. The molecule has 100 valence electrons. The Balaban J connectivity index is 2.48.